The van der Waals surface area contributed by atoms with Gasteiger partial charge in [0.2, 0.25) is 10.0 Å². The highest BCUT2D eigenvalue weighted by Gasteiger charge is 2.37. The molecule has 2 aromatic rings. The molecule has 162 valence electrons. The standard InChI is InChI=1S/C19H20Cl2FN3O4S/c1-19(2)8-25(9-19)17-4-10(3-16(21)23-17)30(27,28)24-14-7-29-15-6-13(22)12(20)5-11(15)18(14)26/h3-6,14,18,24,26H,7-9H2,1-2H3/t14-,18+/m1/s1. The lowest BCUT2D eigenvalue weighted by molar-refractivity contribution is 0.0837. The van der Waals surface area contributed by atoms with Gasteiger partial charge in [-0.1, -0.05) is 37.0 Å². The molecular weight excluding hydrogens is 456 g/mol. The number of anilines is 1. The second-order valence-electron chi connectivity index (χ2n) is 8.29. The van der Waals surface area contributed by atoms with E-state index in [1.807, 2.05) is 4.90 Å². The number of aromatic nitrogens is 1. The lowest BCUT2D eigenvalue weighted by atomic mass is 9.84. The first-order valence-corrected chi connectivity index (χ1v) is 11.4. The van der Waals surface area contributed by atoms with E-state index in [2.05, 4.69) is 23.6 Å². The van der Waals surface area contributed by atoms with E-state index in [1.54, 1.807) is 0 Å². The van der Waals surface area contributed by atoms with Gasteiger partial charge < -0.3 is 14.7 Å². The minimum atomic E-state index is -4.05. The second kappa shape index (κ2) is 7.49. The number of sulfonamides is 1. The van der Waals surface area contributed by atoms with Crippen molar-refractivity contribution < 1.29 is 22.7 Å². The summed E-state index contributed by atoms with van der Waals surface area (Å²) in [7, 11) is -4.05. The fourth-order valence-corrected chi connectivity index (χ4v) is 5.38. The van der Waals surface area contributed by atoms with Crippen LogP contribution in [0.1, 0.15) is 25.5 Å². The minimum Gasteiger partial charge on any atom is -0.491 e. The Hall–Kier alpha value is -1.65. The van der Waals surface area contributed by atoms with Gasteiger partial charge in [-0.15, -0.1) is 0 Å². The number of hydrogen-bond acceptors (Lipinski definition) is 6. The van der Waals surface area contributed by atoms with Crippen LogP contribution in [0, 0.1) is 11.2 Å². The molecule has 0 aliphatic carbocycles. The lowest BCUT2D eigenvalue weighted by Crippen LogP contribution is -2.53. The Labute approximate surface area is 183 Å². The zero-order chi connectivity index (χ0) is 21.8. The third-order valence-electron chi connectivity index (χ3n) is 5.10. The molecule has 0 unspecified atom stereocenters. The predicted molar refractivity (Wildman–Crippen MR) is 111 cm³/mol. The summed E-state index contributed by atoms with van der Waals surface area (Å²) in [6.07, 6.45) is -1.27. The summed E-state index contributed by atoms with van der Waals surface area (Å²) in [5, 5.41) is 10.5. The number of aliphatic hydroxyl groups is 1. The van der Waals surface area contributed by atoms with Crippen molar-refractivity contribution in [2.75, 3.05) is 24.6 Å². The molecule has 2 N–H and O–H groups in total. The smallest absolute Gasteiger partial charge is 0.241 e. The van der Waals surface area contributed by atoms with Gasteiger partial charge in [0.05, 0.1) is 16.0 Å². The molecule has 1 aromatic carbocycles. The highest BCUT2D eigenvalue weighted by atomic mass is 35.5. The van der Waals surface area contributed by atoms with Crippen LogP contribution in [-0.4, -0.2) is 44.2 Å². The summed E-state index contributed by atoms with van der Waals surface area (Å²) >= 11 is 11.9. The van der Waals surface area contributed by atoms with E-state index in [1.165, 1.54) is 18.2 Å². The summed E-state index contributed by atoms with van der Waals surface area (Å²) < 4.78 is 47.4. The normalized spacial score (nSPS) is 22.8. The van der Waals surface area contributed by atoms with Crippen molar-refractivity contribution in [3.05, 3.63) is 45.8 Å². The first-order valence-electron chi connectivity index (χ1n) is 9.20. The molecule has 0 spiro atoms. The van der Waals surface area contributed by atoms with E-state index in [9.17, 15) is 17.9 Å². The molecule has 3 heterocycles. The van der Waals surface area contributed by atoms with Crippen molar-refractivity contribution in [3.8, 4) is 5.75 Å². The van der Waals surface area contributed by atoms with Crippen molar-refractivity contribution in [2.24, 2.45) is 5.41 Å². The maximum absolute atomic E-state index is 13.6. The van der Waals surface area contributed by atoms with Crippen LogP contribution >= 0.6 is 23.2 Å². The van der Waals surface area contributed by atoms with Gasteiger partial charge in [0.1, 0.15) is 35.2 Å². The summed E-state index contributed by atoms with van der Waals surface area (Å²) in [5.74, 6) is -0.0977. The third-order valence-corrected chi connectivity index (χ3v) is 7.06. The van der Waals surface area contributed by atoms with Crippen molar-refractivity contribution >= 4 is 39.0 Å². The van der Waals surface area contributed by atoms with Gasteiger partial charge >= 0.3 is 0 Å². The van der Waals surface area contributed by atoms with Gasteiger partial charge in [-0.25, -0.2) is 22.5 Å². The Morgan fingerprint density at radius 3 is 2.63 bits per heavy atom. The Kier molecular flexibility index (Phi) is 5.39. The number of fused-ring (bicyclic) bond motifs is 1. The average molecular weight is 476 g/mol. The quantitative estimate of drug-likeness (QED) is 0.659. The fraction of sp³-hybridized carbons (Fsp3) is 0.421. The SMILES string of the molecule is CC1(C)CN(c2cc(S(=O)(=O)N[C@@H]3COc4cc(F)c(Cl)cc4[C@@H]3O)cc(Cl)n2)C1. The second-order valence-corrected chi connectivity index (χ2v) is 10.8. The van der Waals surface area contributed by atoms with Crippen molar-refractivity contribution in [2.45, 2.75) is 30.9 Å². The van der Waals surface area contributed by atoms with E-state index >= 15 is 0 Å². The van der Waals surface area contributed by atoms with Crippen LogP contribution in [0.4, 0.5) is 10.2 Å². The van der Waals surface area contributed by atoms with Gasteiger partial charge in [0.25, 0.3) is 0 Å². The van der Waals surface area contributed by atoms with Crippen LogP contribution in [0.25, 0.3) is 0 Å². The number of benzene rings is 1. The number of halogens is 3. The van der Waals surface area contributed by atoms with Gasteiger partial charge in [-0.05, 0) is 17.5 Å². The molecule has 1 saturated heterocycles. The summed E-state index contributed by atoms with van der Waals surface area (Å²) in [6, 6.07) is 3.98. The minimum absolute atomic E-state index is 0.0469. The van der Waals surface area contributed by atoms with Crippen molar-refractivity contribution in [3.63, 3.8) is 0 Å². The molecule has 1 fully saturated rings. The molecule has 7 nitrogen and oxygen atoms in total. The molecule has 0 radical (unpaired) electrons. The zero-order valence-electron chi connectivity index (χ0n) is 16.2. The highest BCUT2D eigenvalue weighted by molar-refractivity contribution is 7.89. The number of hydrogen-bond donors (Lipinski definition) is 2. The Balaban J connectivity index is 1.57. The Bertz CT molecular complexity index is 1110. The van der Waals surface area contributed by atoms with E-state index < -0.39 is 28.0 Å². The molecule has 2 aliphatic rings. The van der Waals surface area contributed by atoms with E-state index in [-0.39, 0.29) is 38.4 Å². The van der Waals surface area contributed by atoms with Crippen molar-refractivity contribution in [1.29, 1.82) is 0 Å². The summed E-state index contributed by atoms with van der Waals surface area (Å²) in [4.78, 5) is 6.09. The number of pyridine rings is 1. The fourth-order valence-electron chi connectivity index (χ4n) is 3.68. The summed E-state index contributed by atoms with van der Waals surface area (Å²) in [5.41, 5.74) is 0.329. The molecule has 4 rings (SSSR count). The van der Waals surface area contributed by atoms with Crippen LogP contribution in [0.5, 0.6) is 5.75 Å². The van der Waals surface area contributed by atoms with E-state index in [0.717, 1.165) is 19.2 Å². The highest BCUT2D eigenvalue weighted by Crippen LogP contribution is 2.37. The topological polar surface area (TPSA) is 91.8 Å². The summed E-state index contributed by atoms with van der Waals surface area (Å²) in [6.45, 7) is 5.49. The number of aliphatic hydroxyl groups excluding tert-OH is 1. The average Bonchev–Trinajstić information content (AvgIpc) is 2.63. The molecule has 2 atom stereocenters. The molecule has 1 aromatic heterocycles. The molecule has 0 saturated carbocycles. The third kappa shape index (κ3) is 4.09. The molecule has 30 heavy (non-hydrogen) atoms. The largest absolute Gasteiger partial charge is 0.491 e. The lowest BCUT2D eigenvalue weighted by Gasteiger charge is -2.46. The number of nitrogens with one attached hydrogen (secondary N) is 1. The first-order chi connectivity index (χ1) is 13.9. The predicted octanol–water partition coefficient (Wildman–Crippen LogP) is 3.15. The molecule has 0 amide bonds. The van der Waals surface area contributed by atoms with E-state index in [4.69, 9.17) is 27.9 Å². The van der Waals surface area contributed by atoms with Crippen molar-refractivity contribution in [1.82, 2.24) is 9.71 Å². The van der Waals surface area contributed by atoms with Crippen LogP contribution < -0.4 is 14.4 Å². The van der Waals surface area contributed by atoms with Gasteiger partial charge in [0, 0.05) is 30.8 Å². The van der Waals surface area contributed by atoms with E-state index in [0.29, 0.717) is 5.82 Å². The monoisotopic (exact) mass is 475 g/mol. The molecule has 2 aliphatic heterocycles. The molecule has 0 bridgehead atoms. The van der Waals surface area contributed by atoms with Gasteiger partial charge in [-0.3, -0.25) is 0 Å². The van der Waals surface area contributed by atoms with Crippen LogP contribution in [-0.2, 0) is 10.0 Å². The Morgan fingerprint density at radius 1 is 1.27 bits per heavy atom. The number of ether oxygens (including phenoxy) is 1. The maximum Gasteiger partial charge on any atom is 0.241 e. The number of nitrogens with zero attached hydrogens (tertiary/aromatic N) is 2. The number of rotatable bonds is 4. The van der Waals surface area contributed by atoms with Gasteiger partial charge in [-0.2, -0.15) is 0 Å². The van der Waals surface area contributed by atoms with Crippen LogP contribution in [0.2, 0.25) is 10.2 Å². The van der Waals surface area contributed by atoms with Crippen LogP contribution in [0.15, 0.2) is 29.2 Å². The zero-order valence-corrected chi connectivity index (χ0v) is 18.5. The van der Waals surface area contributed by atoms with Gasteiger partial charge in [0.15, 0.2) is 0 Å². The molecule has 11 heteroatoms. The Morgan fingerprint density at radius 2 is 1.97 bits per heavy atom. The molecular formula is C19H20Cl2FN3O4S. The first kappa shape index (κ1) is 21.6. The van der Waals surface area contributed by atoms with Crippen LogP contribution in [0.3, 0.4) is 0 Å². The maximum atomic E-state index is 13.6.